The average molecular weight is 264 g/mol. The van der Waals surface area contributed by atoms with Crippen molar-refractivity contribution in [1.29, 1.82) is 0 Å². The zero-order valence-corrected chi connectivity index (χ0v) is 13.1. The number of methoxy groups -OCH3 is 1. The Morgan fingerprint density at radius 2 is 1.74 bits per heavy atom. The Hall–Kier alpha value is -1.06. The Kier molecular flexibility index (Phi) is 6.32. The van der Waals surface area contributed by atoms with Gasteiger partial charge in [-0.2, -0.15) is 0 Å². The number of ether oxygens (including phenoxy) is 1. The standard InChI is InChI=1S/C16H28N2O/c1-7-13(10-17-4)15(18-5)14-8-11(2)16(19-6)12(3)9-14/h8-9,13,15,17-18H,7,10H2,1-6H3. The minimum absolute atomic E-state index is 0.376. The molecule has 0 amide bonds. The summed E-state index contributed by atoms with van der Waals surface area (Å²) in [6, 6.07) is 4.86. The average Bonchev–Trinajstić information content (AvgIpc) is 2.38. The zero-order chi connectivity index (χ0) is 14.4. The molecule has 1 rings (SSSR count). The summed E-state index contributed by atoms with van der Waals surface area (Å²) in [7, 11) is 5.79. The molecule has 0 aromatic heterocycles. The molecule has 2 N–H and O–H groups in total. The molecule has 0 radical (unpaired) electrons. The van der Waals surface area contributed by atoms with Crippen molar-refractivity contribution in [2.75, 3.05) is 27.7 Å². The second-order valence-corrected chi connectivity index (χ2v) is 5.18. The van der Waals surface area contributed by atoms with Crippen LogP contribution < -0.4 is 15.4 Å². The van der Waals surface area contributed by atoms with Gasteiger partial charge in [0, 0.05) is 6.04 Å². The van der Waals surface area contributed by atoms with E-state index in [1.807, 2.05) is 14.1 Å². The molecule has 0 bridgehead atoms. The summed E-state index contributed by atoms with van der Waals surface area (Å²) < 4.78 is 5.45. The third-order valence-corrected chi connectivity index (χ3v) is 3.82. The van der Waals surface area contributed by atoms with Crippen LogP contribution in [-0.2, 0) is 0 Å². The SMILES string of the molecule is CCC(CNC)C(NC)c1cc(C)c(OC)c(C)c1. The summed E-state index contributed by atoms with van der Waals surface area (Å²) in [5.41, 5.74) is 3.76. The van der Waals surface area contributed by atoms with Crippen molar-refractivity contribution in [1.82, 2.24) is 10.6 Å². The van der Waals surface area contributed by atoms with E-state index in [0.29, 0.717) is 12.0 Å². The van der Waals surface area contributed by atoms with Gasteiger partial charge < -0.3 is 15.4 Å². The van der Waals surface area contributed by atoms with Crippen molar-refractivity contribution in [3.05, 3.63) is 28.8 Å². The lowest BCUT2D eigenvalue weighted by Crippen LogP contribution is -2.31. The number of aryl methyl sites for hydroxylation is 2. The molecule has 19 heavy (non-hydrogen) atoms. The summed E-state index contributed by atoms with van der Waals surface area (Å²) in [6.45, 7) is 7.49. The van der Waals surface area contributed by atoms with Crippen molar-refractivity contribution in [2.24, 2.45) is 5.92 Å². The van der Waals surface area contributed by atoms with Gasteiger partial charge in [-0.15, -0.1) is 0 Å². The van der Waals surface area contributed by atoms with Gasteiger partial charge in [0.2, 0.25) is 0 Å². The van der Waals surface area contributed by atoms with E-state index in [-0.39, 0.29) is 0 Å². The summed E-state index contributed by atoms with van der Waals surface area (Å²) in [5, 5.41) is 6.76. The van der Waals surface area contributed by atoms with Crippen LogP contribution in [0.5, 0.6) is 5.75 Å². The van der Waals surface area contributed by atoms with Gasteiger partial charge >= 0.3 is 0 Å². The highest BCUT2D eigenvalue weighted by Crippen LogP contribution is 2.31. The fourth-order valence-electron chi connectivity index (χ4n) is 2.92. The van der Waals surface area contributed by atoms with E-state index in [1.165, 1.54) is 16.7 Å². The Morgan fingerprint density at radius 3 is 2.11 bits per heavy atom. The minimum atomic E-state index is 0.376. The highest BCUT2D eigenvalue weighted by molar-refractivity contribution is 5.44. The van der Waals surface area contributed by atoms with Gasteiger partial charge in [-0.25, -0.2) is 0 Å². The monoisotopic (exact) mass is 264 g/mol. The largest absolute Gasteiger partial charge is 0.496 e. The topological polar surface area (TPSA) is 33.3 Å². The van der Waals surface area contributed by atoms with Gasteiger partial charge in [0.05, 0.1) is 7.11 Å². The Balaban J connectivity index is 3.11. The summed E-state index contributed by atoms with van der Waals surface area (Å²) in [4.78, 5) is 0. The molecule has 0 saturated heterocycles. The lowest BCUT2D eigenvalue weighted by atomic mass is 9.89. The van der Waals surface area contributed by atoms with Crippen molar-refractivity contribution in [3.8, 4) is 5.75 Å². The number of benzene rings is 1. The maximum Gasteiger partial charge on any atom is 0.124 e. The van der Waals surface area contributed by atoms with Crippen molar-refractivity contribution in [3.63, 3.8) is 0 Å². The molecule has 1 aromatic rings. The third-order valence-electron chi connectivity index (χ3n) is 3.82. The number of hydrogen-bond acceptors (Lipinski definition) is 3. The smallest absolute Gasteiger partial charge is 0.124 e. The lowest BCUT2D eigenvalue weighted by molar-refractivity contribution is 0.358. The molecule has 2 atom stereocenters. The van der Waals surface area contributed by atoms with E-state index in [2.05, 4.69) is 43.5 Å². The molecule has 3 nitrogen and oxygen atoms in total. The quantitative estimate of drug-likeness (QED) is 0.794. The van der Waals surface area contributed by atoms with E-state index in [1.54, 1.807) is 7.11 Å². The maximum atomic E-state index is 5.45. The van der Waals surface area contributed by atoms with Gasteiger partial charge in [0.25, 0.3) is 0 Å². The lowest BCUT2D eigenvalue weighted by Gasteiger charge is -2.27. The summed E-state index contributed by atoms with van der Waals surface area (Å²) in [6.07, 6.45) is 1.15. The van der Waals surface area contributed by atoms with Crippen LogP contribution in [0.3, 0.4) is 0 Å². The molecule has 0 saturated carbocycles. The third kappa shape index (κ3) is 3.71. The molecule has 0 aliphatic heterocycles. The van der Waals surface area contributed by atoms with E-state index < -0.39 is 0 Å². The highest BCUT2D eigenvalue weighted by Gasteiger charge is 2.21. The normalized spacial score (nSPS) is 14.2. The van der Waals surface area contributed by atoms with Gasteiger partial charge in [0.1, 0.15) is 5.75 Å². The molecule has 3 heteroatoms. The van der Waals surface area contributed by atoms with Gasteiger partial charge in [0.15, 0.2) is 0 Å². The maximum absolute atomic E-state index is 5.45. The first kappa shape index (κ1) is 16.0. The van der Waals surface area contributed by atoms with Crippen molar-refractivity contribution >= 4 is 0 Å². The van der Waals surface area contributed by atoms with Crippen LogP contribution in [0.15, 0.2) is 12.1 Å². The van der Waals surface area contributed by atoms with Crippen LogP contribution in [0.25, 0.3) is 0 Å². The van der Waals surface area contributed by atoms with Crippen LogP contribution in [0.1, 0.15) is 36.1 Å². The highest BCUT2D eigenvalue weighted by atomic mass is 16.5. The number of nitrogens with one attached hydrogen (secondary N) is 2. The van der Waals surface area contributed by atoms with Crippen LogP contribution in [-0.4, -0.2) is 27.7 Å². The molecule has 1 aromatic carbocycles. The molecular formula is C16H28N2O. The van der Waals surface area contributed by atoms with Gasteiger partial charge in [-0.05, 0) is 57.1 Å². The number of hydrogen-bond donors (Lipinski definition) is 2. The fourth-order valence-corrected chi connectivity index (χ4v) is 2.92. The van der Waals surface area contributed by atoms with Gasteiger partial charge in [-0.1, -0.05) is 25.5 Å². The molecule has 108 valence electrons. The van der Waals surface area contributed by atoms with E-state index in [0.717, 1.165) is 18.7 Å². The molecule has 0 spiro atoms. The first-order chi connectivity index (χ1) is 9.08. The molecular weight excluding hydrogens is 236 g/mol. The molecule has 0 fully saturated rings. The predicted octanol–water partition coefficient (Wildman–Crippen LogP) is 2.82. The summed E-state index contributed by atoms with van der Waals surface area (Å²) >= 11 is 0. The second kappa shape index (κ2) is 7.51. The fraction of sp³-hybridized carbons (Fsp3) is 0.625. The Bertz CT molecular complexity index is 381. The molecule has 0 aliphatic carbocycles. The van der Waals surface area contributed by atoms with E-state index in [4.69, 9.17) is 4.74 Å². The Morgan fingerprint density at radius 1 is 1.16 bits per heavy atom. The Labute approximate surface area is 117 Å². The first-order valence-electron chi connectivity index (χ1n) is 7.05. The van der Waals surface area contributed by atoms with Crippen LogP contribution >= 0.6 is 0 Å². The van der Waals surface area contributed by atoms with Crippen molar-refractivity contribution < 1.29 is 4.74 Å². The van der Waals surface area contributed by atoms with E-state index >= 15 is 0 Å². The molecule has 0 aliphatic rings. The minimum Gasteiger partial charge on any atom is -0.496 e. The second-order valence-electron chi connectivity index (χ2n) is 5.18. The summed E-state index contributed by atoms with van der Waals surface area (Å²) in [5.74, 6) is 1.59. The molecule has 0 heterocycles. The predicted molar refractivity (Wildman–Crippen MR) is 82.0 cm³/mol. The van der Waals surface area contributed by atoms with Crippen LogP contribution in [0, 0.1) is 19.8 Å². The van der Waals surface area contributed by atoms with Crippen LogP contribution in [0.2, 0.25) is 0 Å². The zero-order valence-electron chi connectivity index (χ0n) is 13.1. The molecule has 2 unspecified atom stereocenters. The first-order valence-corrected chi connectivity index (χ1v) is 7.05. The van der Waals surface area contributed by atoms with Crippen LogP contribution in [0.4, 0.5) is 0 Å². The van der Waals surface area contributed by atoms with E-state index in [9.17, 15) is 0 Å². The van der Waals surface area contributed by atoms with Crippen molar-refractivity contribution in [2.45, 2.75) is 33.2 Å². The van der Waals surface area contributed by atoms with Gasteiger partial charge in [-0.3, -0.25) is 0 Å². The number of rotatable bonds is 7.